The minimum atomic E-state index is -0.549. The molecule has 2 atom stereocenters. The van der Waals surface area contributed by atoms with E-state index in [1.807, 2.05) is 13.0 Å². The molecule has 1 aromatic rings. The van der Waals surface area contributed by atoms with Crippen molar-refractivity contribution in [2.24, 2.45) is 5.41 Å². The van der Waals surface area contributed by atoms with Crippen LogP contribution in [0.4, 0.5) is 0 Å². The van der Waals surface area contributed by atoms with Crippen molar-refractivity contribution in [3.8, 4) is 0 Å². The Labute approximate surface area is 112 Å². The number of benzene rings is 1. The van der Waals surface area contributed by atoms with Gasteiger partial charge in [-0.2, -0.15) is 0 Å². The maximum Gasteiger partial charge on any atom is 0.234 e. The lowest BCUT2D eigenvalue weighted by molar-refractivity contribution is -0.142. The summed E-state index contributed by atoms with van der Waals surface area (Å²) in [6, 6.07) is 6.21. The fourth-order valence-corrected chi connectivity index (χ4v) is 3.21. The van der Waals surface area contributed by atoms with Gasteiger partial charge in [0.25, 0.3) is 0 Å². The number of nitrogens with one attached hydrogen (secondary N) is 2. The highest BCUT2D eigenvalue weighted by Gasteiger charge is 2.47. The van der Waals surface area contributed by atoms with Gasteiger partial charge in [-0.3, -0.25) is 14.9 Å². The summed E-state index contributed by atoms with van der Waals surface area (Å²) in [5.41, 5.74) is 3.20. The molecule has 2 amide bonds. The van der Waals surface area contributed by atoms with Gasteiger partial charge < -0.3 is 5.32 Å². The van der Waals surface area contributed by atoms with E-state index in [1.54, 1.807) is 0 Å². The first-order valence-electron chi connectivity index (χ1n) is 6.68. The highest BCUT2D eigenvalue weighted by molar-refractivity contribution is 6.01. The van der Waals surface area contributed by atoms with Crippen LogP contribution in [-0.2, 0) is 16.1 Å². The van der Waals surface area contributed by atoms with Gasteiger partial charge in [-0.15, -0.1) is 0 Å². The summed E-state index contributed by atoms with van der Waals surface area (Å²) in [6.07, 6.45) is 1.02. The molecule has 0 spiro atoms. The molecule has 0 bridgehead atoms. The first-order chi connectivity index (χ1) is 9.02. The third-order valence-corrected chi connectivity index (χ3v) is 4.52. The first kappa shape index (κ1) is 12.4. The van der Waals surface area contributed by atoms with Gasteiger partial charge in [-0.25, -0.2) is 0 Å². The normalized spacial score (nSPS) is 30.1. The average Bonchev–Trinajstić information content (AvgIpc) is 2.80. The van der Waals surface area contributed by atoms with Gasteiger partial charge in [0.2, 0.25) is 11.8 Å². The number of aryl methyl sites for hydroxylation is 1. The van der Waals surface area contributed by atoms with E-state index >= 15 is 0 Å². The number of hydrogen-bond acceptors (Lipinski definition) is 3. The molecule has 1 fully saturated rings. The van der Waals surface area contributed by atoms with Crippen molar-refractivity contribution < 1.29 is 9.59 Å². The van der Waals surface area contributed by atoms with Crippen LogP contribution in [0.5, 0.6) is 0 Å². The average molecular weight is 258 g/mol. The molecule has 2 heterocycles. The quantitative estimate of drug-likeness (QED) is 0.752. The van der Waals surface area contributed by atoms with Crippen LogP contribution >= 0.6 is 0 Å². The maximum absolute atomic E-state index is 12.2. The number of amides is 2. The molecular weight excluding hydrogens is 240 g/mol. The largest absolute Gasteiger partial charge is 0.305 e. The summed E-state index contributed by atoms with van der Waals surface area (Å²) in [4.78, 5) is 23.6. The predicted octanol–water partition coefficient (Wildman–Crippen LogP) is 1.58. The molecule has 4 nitrogen and oxygen atoms in total. The van der Waals surface area contributed by atoms with Crippen molar-refractivity contribution in [1.29, 1.82) is 0 Å². The Balaban J connectivity index is 1.99. The van der Waals surface area contributed by atoms with Crippen molar-refractivity contribution in [1.82, 2.24) is 10.6 Å². The summed E-state index contributed by atoms with van der Waals surface area (Å²) < 4.78 is 0. The molecule has 0 aliphatic carbocycles. The van der Waals surface area contributed by atoms with Gasteiger partial charge in [0.05, 0.1) is 5.41 Å². The van der Waals surface area contributed by atoms with Gasteiger partial charge in [-0.1, -0.05) is 18.2 Å². The van der Waals surface area contributed by atoms with Crippen molar-refractivity contribution in [3.63, 3.8) is 0 Å². The van der Waals surface area contributed by atoms with Crippen LogP contribution in [0.3, 0.4) is 0 Å². The molecule has 2 aliphatic heterocycles. The van der Waals surface area contributed by atoms with E-state index in [0.29, 0.717) is 12.8 Å². The highest BCUT2D eigenvalue weighted by Crippen LogP contribution is 2.44. The zero-order chi connectivity index (χ0) is 13.6. The third-order valence-electron chi connectivity index (χ3n) is 4.52. The number of carbonyl (C=O) groups is 2. The highest BCUT2D eigenvalue weighted by atomic mass is 16.2. The molecule has 19 heavy (non-hydrogen) atoms. The van der Waals surface area contributed by atoms with E-state index in [2.05, 4.69) is 29.7 Å². The molecule has 2 unspecified atom stereocenters. The lowest BCUT2D eigenvalue weighted by atomic mass is 9.73. The zero-order valence-corrected chi connectivity index (χ0v) is 11.2. The number of rotatable bonds is 1. The molecule has 2 aliphatic rings. The van der Waals surface area contributed by atoms with Gasteiger partial charge in [0.15, 0.2) is 0 Å². The molecule has 0 aromatic heterocycles. The second-order valence-electron chi connectivity index (χ2n) is 5.75. The van der Waals surface area contributed by atoms with Crippen LogP contribution < -0.4 is 10.6 Å². The van der Waals surface area contributed by atoms with Gasteiger partial charge in [-0.05, 0) is 37.0 Å². The van der Waals surface area contributed by atoms with Crippen molar-refractivity contribution in [3.05, 3.63) is 34.9 Å². The van der Waals surface area contributed by atoms with E-state index in [1.165, 1.54) is 16.7 Å². The second kappa shape index (κ2) is 4.17. The Hall–Kier alpha value is -1.68. The number of carbonyl (C=O) groups excluding carboxylic acids is 2. The standard InChI is InChI=1S/C15H18N2O2/c1-9-4-3-5-10-11(9)8-16-13(10)15(2)7-6-12(18)17-14(15)19/h3-5,13,16H,6-8H2,1-2H3,(H,17,18,19). The fraction of sp³-hybridized carbons (Fsp3) is 0.467. The van der Waals surface area contributed by atoms with E-state index < -0.39 is 5.41 Å². The van der Waals surface area contributed by atoms with Crippen molar-refractivity contribution in [2.45, 2.75) is 39.3 Å². The number of piperidine rings is 1. The second-order valence-corrected chi connectivity index (χ2v) is 5.75. The van der Waals surface area contributed by atoms with Crippen molar-refractivity contribution >= 4 is 11.8 Å². The molecule has 4 heteroatoms. The molecule has 3 rings (SSSR count). The van der Waals surface area contributed by atoms with Crippen molar-refractivity contribution in [2.75, 3.05) is 0 Å². The number of imide groups is 1. The summed E-state index contributed by atoms with van der Waals surface area (Å²) in [5, 5.41) is 5.92. The van der Waals surface area contributed by atoms with Crippen LogP contribution in [-0.4, -0.2) is 11.8 Å². The molecule has 0 radical (unpaired) electrons. The van der Waals surface area contributed by atoms with Crippen LogP contribution in [0.15, 0.2) is 18.2 Å². The maximum atomic E-state index is 12.2. The lowest BCUT2D eigenvalue weighted by Gasteiger charge is -2.37. The predicted molar refractivity (Wildman–Crippen MR) is 71.3 cm³/mol. The number of fused-ring (bicyclic) bond motifs is 1. The Morgan fingerprint density at radius 1 is 1.32 bits per heavy atom. The van der Waals surface area contributed by atoms with Gasteiger partial charge in [0.1, 0.15) is 0 Å². The summed E-state index contributed by atoms with van der Waals surface area (Å²) in [5.74, 6) is -0.319. The summed E-state index contributed by atoms with van der Waals surface area (Å²) in [7, 11) is 0. The Bertz CT molecular complexity index is 567. The van der Waals surface area contributed by atoms with Gasteiger partial charge >= 0.3 is 0 Å². The Morgan fingerprint density at radius 3 is 2.84 bits per heavy atom. The van der Waals surface area contributed by atoms with E-state index in [9.17, 15) is 9.59 Å². The Morgan fingerprint density at radius 2 is 2.11 bits per heavy atom. The van der Waals surface area contributed by atoms with Crippen LogP contribution in [0, 0.1) is 12.3 Å². The molecule has 2 N–H and O–H groups in total. The van der Waals surface area contributed by atoms with E-state index in [4.69, 9.17) is 0 Å². The van der Waals surface area contributed by atoms with Crippen LogP contribution in [0.1, 0.15) is 42.5 Å². The fourth-order valence-electron chi connectivity index (χ4n) is 3.21. The molecule has 100 valence electrons. The SMILES string of the molecule is Cc1cccc2c1CNC2C1(C)CCC(=O)NC1=O. The zero-order valence-electron chi connectivity index (χ0n) is 11.2. The lowest BCUT2D eigenvalue weighted by Crippen LogP contribution is -2.51. The topological polar surface area (TPSA) is 58.2 Å². The van der Waals surface area contributed by atoms with Crippen LogP contribution in [0.25, 0.3) is 0 Å². The smallest absolute Gasteiger partial charge is 0.234 e. The summed E-state index contributed by atoms with van der Waals surface area (Å²) in [6.45, 7) is 4.84. The molecule has 1 saturated heterocycles. The van der Waals surface area contributed by atoms with E-state index in [-0.39, 0.29) is 17.9 Å². The molecule has 0 saturated carbocycles. The third kappa shape index (κ3) is 1.78. The van der Waals surface area contributed by atoms with Gasteiger partial charge in [0, 0.05) is 19.0 Å². The molecular formula is C15H18N2O2. The Kier molecular flexibility index (Phi) is 2.71. The number of hydrogen-bond donors (Lipinski definition) is 2. The first-order valence-corrected chi connectivity index (χ1v) is 6.68. The minimum Gasteiger partial charge on any atom is -0.305 e. The monoisotopic (exact) mass is 258 g/mol. The summed E-state index contributed by atoms with van der Waals surface area (Å²) >= 11 is 0. The minimum absolute atomic E-state index is 0.00417. The van der Waals surface area contributed by atoms with E-state index in [0.717, 1.165) is 6.54 Å². The molecule has 1 aromatic carbocycles. The van der Waals surface area contributed by atoms with Crippen LogP contribution in [0.2, 0.25) is 0 Å².